The first-order valence-electron chi connectivity index (χ1n) is 6.69. The van der Waals surface area contributed by atoms with E-state index in [1.54, 1.807) is 4.90 Å². The second-order valence-electron chi connectivity index (χ2n) is 4.98. The lowest BCUT2D eigenvalue weighted by Gasteiger charge is -2.19. The fraction of sp³-hybridized carbons (Fsp3) is 0.500. The highest BCUT2D eigenvalue weighted by atomic mass is 35.5. The van der Waals surface area contributed by atoms with Gasteiger partial charge in [-0.3, -0.25) is 4.79 Å². The van der Waals surface area contributed by atoms with Crippen LogP contribution in [-0.4, -0.2) is 44.1 Å². The summed E-state index contributed by atoms with van der Waals surface area (Å²) in [5.74, 6) is -0.0965. The summed E-state index contributed by atoms with van der Waals surface area (Å²) in [7, 11) is 1.86. The maximum absolute atomic E-state index is 12.5. The quantitative estimate of drug-likeness (QED) is 0.907. The summed E-state index contributed by atoms with van der Waals surface area (Å²) >= 11 is 5.86. The Balaban J connectivity index is 2.16. The van der Waals surface area contributed by atoms with E-state index in [1.807, 2.05) is 7.05 Å². The standard InChI is InChI=1S/C14H17ClF2N2O2/c1-18-7-9-4-5-19(8-9)13(20)11-6-10(15)2-3-12(11)21-14(16)17/h2-3,6,9,14,18H,4-5,7-8H2,1H3. The van der Waals surface area contributed by atoms with Crippen molar-refractivity contribution in [1.29, 1.82) is 0 Å². The molecule has 0 spiro atoms. The van der Waals surface area contributed by atoms with Crippen molar-refractivity contribution in [3.8, 4) is 5.75 Å². The van der Waals surface area contributed by atoms with Gasteiger partial charge in [-0.15, -0.1) is 0 Å². The van der Waals surface area contributed by atoms with Gasteiger partial charge in [0.1, 0.15) is 5.75 Å². The lowest BCUT2D eigenvalue weighted by atomic mass is 10.1. The highest BCUT2D eigenvalue weighted by molar-refractivity contribution is 6.31. The molecule has 1 aromatic rings. The molecule has 1 atom stereocenters. The van der Waals surface area contributed by atoms with E-state index in [2.05, 4.69) is 10.1 Å². The van der Waals surface area contributed by atoms with Gasteiger partial charge in [0, 0.05) is 18.1 Å². The topological polar surface area (TPSA) is 41.6 Å². The SMILES string of the molecule is CNCC1CCN(C(=O)c2cc(Cl)ccc2OC(F)F)C1. The van der Waals surface area contributed by atoms with E-state index in [0.29, 0.717) is 24.0 Å². The summed E-state index contributed by atoms with van der Waals surface area (Å²) < 4.78 is 29.2. The van der Waals surface area contributed by atoms with Crippen molar-refractivity contribution in [3.63, 3.8) is 0 Å². The van der Waals surface area contributed by atoms with Crippen LogP contribution in [0.25, 0.3) is 0 Å². The highest BCUT2D eigenvalue weighted by Gasteiger charge is 2.28. The minimum absolute atomic E-state index is 0.0768. The largest absolute Gasteiger partial charge is 0.434 e. The fourth-order valence-electron chi connectivity index (χ4n) is 2.51. The predicted octanol–water partition coefficient (Wildman–Crippen LogP) is 2.62. The molecule has 1 aliphatic rings. The van der Waals surface area contributed by atoms with Crippen molar-refractivity contribution in [1.82, 2.24) is 10.2 Å². The number of hydrogen-bond acceptors (Lipinski definition) is 3. The Morgan fingerprint density at radius 1 is 1.57 bits per heavy atom. The molecule has 1 N–H and O–H groups in total. The molecule has 0 saturated carbocycles. The second-order valence-corrected chi connectivity index (χ2v) is 5.42. The monoisotopic (exact) mass is 318 g/mol. The lowest BCUT2D eigenvalue weighted by molar-refractivity contribution is -0.0502. The normalized spacial score (nSPS) is 18.3. The fourth-order valence-corrected chi connectivity index (χ4v) is 2.68. The molecule has 2 rings (SSSR count). The van der Waals surface area contributed by atoms with E-state index in [-0.39, 0.29) is 17.2 Å². The molecule has 0 aliphatic carbocycles. The van der Waals surface area contributed by atoms with Crippen LogP contribution in [0, 0.1) is 5.92 Å². The van der Waals surface area contributed by atoms with E-state index in [9.17, 15) is 13.6 Å². The molecule has 4 nitrogen and oxygen atoms in total. The Bertz CT molecular complexity index is 514. The summed E-state index contributed by atoms with van der Waals surface area (Å²) in [6, 6.07) is 4.08. The number of likely N-dealkylation sites (tertiary alicyclic amines) is 1. The predicted molar refractivity (Wildman–Crippen MR) is 76.0 cm³/mol. The molecule has 1 unspecified atom stereocenters. The zero-order valence-electron chi connectivity index (χ0n) is 11.6. The van der Waals surface area contributed by atoms with E-state index in [0.717, 1.165) is 13.0 Å². The average molecular weight is 319 g/mol. The van der Waals surface area contributed by atoms with Gasteiger partial charge in [-0.1, -0.05) is 11.6 Å². The van der Waals surface area contributed by atoms with Crippen molar-refractivity contribution < 1.29 is 18.3 Å². The van der Waals surface area contributed by atoms with Gasteiger partial charge >= 0.3 is 6.61 Å². The number of carbonyl (C=O) groups is 1. The van der Waals surface area contributed by atoms with Gasteiger partial charge in [0.25, 0.3) is 5.91 Å². The van der Waals surface area contributed by atoms with Crippen molar-refractivity contribution >= 4 is 17.5 Å². The smallest absolute Gasteiger partial charge is 0.387 e. The van der Waals surface area contributed by atoms with Gasteiger partial charge in [0.2, 0.25) is 0 Å². The summed E-state index contributed by atoms with van der Waals surface area (Å²) in [4.78, 5) is 14.1. The molecule has 1 amide bonds. The zero-order valence-corrected chi connectivity index (χ0v) is 12.4. The van der Waals surface area contributed by atoms with Crippen LogP contribution < -0.4 is 10.1 Å². The van der Waals surface area contributed by atoms with Crippen LogP contribution in [0.3, 0.4) is 0 Å². The first kappa shape index (κ1) is 16.0. The molecule has 1 aromatic carbocycles. The maximum Gasteiger partial charge on any atom is 0.387 e. The lowest BCUT2D eigenvalue weighted by Crippen LogP contribution is -2.30. The van der Waals surface area contributed by atoms with Crippen LogP contribution in [0.4, 0.5) is 8.78 Å². The Labute approximate surface area is 127 Å². The van der Waals surface area contributed by atoms with E-state index in [4.69, 9.17) is 11.6 Å². The molecule has 1 aliphatic heterocycles. The number of ether oxygens (including phenoxy) is 1. The van der Waals surface area contributed by atoms with Crippen molar-refractivity contribution in [2.75, 3.05) is 26.7 Å². The van der Waals surface area contributed by atoms with Crippen LogP contribution >= 0.6 is 11.6 Å². The zero-order chi connectivity index (χ0) is 15.4. The number of hydrogen-bond donors (Lipinski definition) is 1. The number of halogens is 3. The molecule has 7 heteroatoms. The van der Waals surface area contributed by atoms with Crippen LogP contribution in [0.15, 0.2) is 18.2 Å². The van der Waals surface area contributed by atoms with Gasteiger partial charge in [0.05, 0.1) is 5.56 Å². The van der Waals surface area contributed by atoms with Crippen molar-refractivity contribution in [2.45, 2.75) is 13.0 Å². The molecule has 21 heavy (non-hydrogen) atoms. The van der Waals surface area contributed by atoms with Crippen LogP contribution in [0.2, 0.25) is 5.02 Å². The number of nitrogens with one attached hydrogen (secondary N) is 1. The number of nitrogens with zero attached hydrogens (tertiary/aromatic N) is 1. The third-order valence-corrected chi connectivity index (χ3v) is 3.69. The molecule has 1 heterocycles. The number of carbonyl (C=O) groups excluding carboxylic acids is 1. The molecule has 116 valence electrons. The Morgan fingerprint density at radius 3 is 3.00 bits per heavy atom. The molecule has 0 bridgehead atoms. The second kappa shape index (κ2) is 7.04. The van der Waals surface area contributed by atoms with Crippen LogP contribution in [-0.2, 0) is 0 Å². The molecule has 0 radical (unpaired) electrons. The van der Waals surface area contributed by atoms with Gasteiger partial charge in [0.15, 0.2) is 0 Å². The van der Waals surface area contributed by atoms with E-state index in [1.165, 1.54) is 18.2 Å². The number of rotatable bonds is 5. The third-order valence-electron chi connectivity index (χ3n) is 3.45. The van der Waals surface area contributed by atoms with Gasteiger partial charge in [-0.2, -0.15) is 8.78 Å². The van der Waals surface area contributed by atoms with Crippen LogP contribution in [0.5, 0.6) is 5.75 Å². The van der Waals surface area contributed by atoms with E-state index < -0.39 is 6.61 Å². The average Bonchev–Trinajstić information content (AvgIpc) is 2.88. The number of benzene rings is 1. The van der Waals surface area contributed by atoms with Gasteiger partial charge in [-0.05, 0) is 44.1 Å². The molecule has 1 saturated heterocycles. The summed E-state index contributed by atoms with van der Waals surface area (Å²) in [5.41, 5.74) is 0.0768. The van der Waals surface area contributed by atoms with Crippen molar-refractivity contribution in [2.24, 2.45) is 5.92 Å². The Hall–Kier alpha value is -1.40. The molecular formula is C14H17ClF2N2O2. The maximum atomic E-state index is 12.5. The Kier molecular flexibility index (Phi) is 5.36. The molecule has 1 fully saturated rings. The first-order chi connectivity index (χ1) is 10.0. The van der Waals surface area contributed by atoms with Crippen molar-refractivity contribution in [3.05, 3.63) is 28.8 Å². The minimum atomic E-state index is -2.98. The first-order valence-corrected chi connectivity index (χ1v) is 7.07. The third kappa shape index (κ3) is 4.04. The summed E-state index contributed by atoms with van der Waals surface area (Å²) in [6.45, 7) is -0.959. The number of alkyl halides is 2. The summed E-state index contributed by atoms with van der Waals surface area (Å²) in [6.07, 6.45) is 0.887. The van der Waals surface area contributed by atoms with Gasteiger partial charge < -0.3 is 15.0 Å². The molecule has 0 aromatic heterocycles. The van der Waals surface area contributed by atoms with Gasteiger partial charge in [-0.25, -0.2) is 0 Å². The molecular weight excluding hydrogens is 302 g/mol. The van der Waals surface area contributed by atoms with E-state index >= 15 is 0 Å². The minimum Gasteiger partial charge on any atom is -0.434 e. The summed E-state index contributed by atoms with van der Waals surface area (Å²) in [5, 5.41) is 3.38. The Morgan fingerprint density at radius 2 is 2.33 bits per heavy atom. The highest BCUT2D eigenvalue weighted by Crippen LogP contribution is 2.28. The number of amides is 1. The van der Waals surface area contributed by atoms with Crippen LogP contribution in [0.1, 0.15) is 16.8 Å².